The summed E-state index contributed by atoms with van der Waals surface area (Å²) < 4.78 is 0. The zero-order chi connectivity index (χ0) is 12.0. The number of nitrogens with zero attached hydrogens (tertiary/aromatic N) is 2. The number of carbonyl (C=O) groups is 1. The molecule has 0 saturated carbocycles. The third kappa shape index (κ3) is 3.82. The minimum Gasteiger partial charge on any atom is -0.476 e. The van der Waals surface area contributed by atoms with Crippen LogP contribution in [0, 0.1) is 0 Å². The molecule has 1 atom stereocenters. The molecule has 6 heteroatoms. The number of carboxylic acids is 1. The van der Waals surface area contributed by atoms with Crippen LogP contribution in [0.4, 0.5) is 5.82 Å². The number of hydrogen-bond donors (Lipinski definition) is 3. The van der Waals surface area contributed by atoms with Crippen molar-refractivity contribution < 1.29 is 15.0 Å². The average Bonchev–Trinajstić information content (AvgIpc) is 2.27. The van der Waals surface area contributed by atoms with Crippen LogP contribution in [-0.2, 0) is 0 Å². The first kappa shape index (κ1) is 12.4. The Morgan fingerprint density at radius 3 is 2.75 bits per heavy atom. The number of nitrogens with one attached hydrogen (secondary N) is 1. The molecule has 1 aromatic rings. The third-order valence-electron chi connectivity index (χ3n) is 2.01. The maximum absolute atomic E-state index is 10.5. The predicted octanol–water partition coefficient (Wildman–Crippen LogP) is 0.748. The van der Waals surface area contributed by atoms with E-state index in [4.69, 9.17) is 5.11 Å². The Hall–Kier alpha value is -1.69. The van der Waals surface area contributed by atoms with E-state index in [1.807, 2.05) is 6.92 Å². The van der Waals surface area contributed by atoms with Gasteiger partial charge in [-0.05, 0) is 6.42 Å². The van der Waals surface area contributed by atoms with Crippen LogP contribution in [-0.4, -0.2) is 38.8 Å². The van der Waals surface area contributed by atoms with E-state index in [1.165, 1.54) is 12.4 Å². The molecule has 0 aromatic carbocycles. The van der Waals surface area contributed by atoms with Gasteiger partial charge < -0.3 is 15.5 Å². The Labute approximate surface area is 93.4 Å². The van der Waals surface area contributed by atoms with Crippen LogP contribution in [0.2, 0.25) is 0 Å². The quantitative estimate of drug-likeness (QED) is 0.661. The van der Waals surface area contributed by atoms with Crippen molar-refractivity contribution in [1.82, 2.24) is 9.97 Å². The predicted molar refractivity (Wildman–Crippen MR) is 58.4 cm³/mol. The lowest BCUT2D eigenvalue weighted by molar-refractivity contribution is 0.0690. The normalized spacial score (nSPS) is 12.1. The molecule has 1 aromatic heterocycles. The summed E-state index contributed by atoms with van der Waals surface area (Å²) in [7, 11) is 0. The molecule has 3 N–H and O–H groups in total. The van der Waals surface area contributed by atoms with Gasteiger partial charge >= 0.3 is 5.97 Å². The second-order valence-electron chi connectivity index (χ2n) is 3.42. The van der Waals surface area contributed by atoms with E-state index in [-0.39, 0.29) is 5.69 Å². The van der Waals surface area contributed by atoms with Crippen LogP contribution in [0.25, 0.3) is 0 Å². The summed E-state index contributed by atoms with van der Waals surface area (Å²) in [5.41, 5.74) is -0.0975. The Balaban J connectivity index is 2.46. The van der Waals surface area contributed by atoms with Crippen molar-refractivity contribution in [1.29, 1.82) is 0 Å². The number of aliphatic hydroxyl groups is 1. The fourth-order valence-electron chi connectivity index (χ4n) is 1.19. The molecule has 0 amide bonds. The lowest BCUT2D eigenvalue weighted by Crippen LogP contribution is -2.19. The summed E-state index contributed by atoms with van der Waals surface area (Å²) in [6.07, 6.45) is 3.71. The summed E-state index contributed by atoms with van der Waals surface area (Å²) in [4.78, 5) is 18.1. The summed E-state index contributed by atoms with van der Waals surface area (Å²) in [5.74, 6) is -0.648. The molecule has 6 nitrogen and oxygen atoms in total. The number of aromatic carboxylic acids is 1. The zero-order valence-corrected chi connectivity index (χ0v) is 9.05. The van der Waals surface area contributed by atoms with E-state index in [2.05, 4.69) is 15.3 Å². The fourth-order valence-corrected chi connectivity index (χ4v) is 1.19. The fraction of sp³-hybridized carbons (Fsp3) is 0.500. The highest BCUT2D eigenvalue weighted by Gasteiger charge is 2.06. The van der Waals surface area contributed by atoms with E-state index in [0.717, 1.165) is 6.42 Å². The molecule has 0 aliphatic heterocycles. The molecule has 1 unspecified atom stereocenters. The number of aromatic nitrogens is 2. The van der Waals surface area contributed by atoms with Gasteiger partial charge in [-0.1, -0.05) is 13.3 Å². The van der Waals surface area contributed by atoms with E-state index in [0.29, 0.717) is 18.8 Å². The van der Waals surface area contributed by atoms with Crippen LogP contribution >= 0.6 is 0 Å². The Morgan fingerprint density at radius 1 is 1.50 bits per heavy atom. The average molecular weight is 225 g/mol. The van der Waals surface area contributed by atoms with Crippen molar-refractivity contribution in [3.63, 3.8) is 0 Å². The molecule has 0 saturated heterocycles. The van der Waals surface area contributed by atoms with Crippen molar-refractivity contribution in [2.75, 3.05) is 11.9 Å². The van der Waals surface area contributed by atoms with E-state index < -0.39 is 12.1 Å². The highest BCUT2D eigenvalue weighted by molar-refractivity contribution is 5.84. The first-order valence-electron chi connectivity index (χ1n) is 5.10. The highest BCUT2D eigenvalue weighted by atomic mass is 16.4. The van der Waals surface area contributed by atoms with Gasteiger partial charge in [-0.15, -0.1) is 0 Å². The second kappa shape index (κ2) is 6.02. The third-order valence-corrected chi connectivity index (χ3v) is 2.01. The van der Waals surface area contributed by atoms with Crippen LogP contribution < -0.4 is 5.32 Å². The molecular weight excluding hydrogens is 210 g/mol. The number of carboxylic acid groups (broad SMARTS) is 1. The molecular formula is C10H15N3O3. The molecule has 88 valence electrons. The maximum atomic E-state index is 10.5. The van der Waals surface area contributed by atoms with Gasteiger partial charge in [0, 0.05) is 6.54 Å². The van der Waals surface area contributed by atoms with Gasteiger partial charge in [0.25, 0.3) is 0 Å². The second-order valence-corrected chi connectivity index (χ2v) is 3.42. The minimum atomic E-state index is -1.11. The summed E-state index contributed by atoms with van der Waals surface area (Å²) in [6, 6.07) is 0. The van der Waals surface area contributed by atoms with Gasteiger partial charge in [-0.2, -0.15) is 0 Å². The molecule has 0 fully saturated rings. The maximum Gasteiger partial charge on any atom is 0.356 e. The molecule has 0 aliphatic rings. The van der Waals surface area contributed by atoms with Gasteiger partial charge in [0.2, 0.25) is 0 Å². The molecule has 1 rings (SSSR count). The highest BCUT2D eigenvalue weighted by Crippen LogP contribution is 2.03. The van der Waals surface area contributed by atoms with Crippen LogP contribution in [0.3, 0.4) is 0 Å². The SMILES string of the molecule is CCCC(O)CNc1cnc(C(=O)O)cn1. The zero-order valence-electron chi connectivity index (χ0n) is 9.05. The molecule has 0 spiro atoms. The van der Waals surface area contributed by atoms with Crippen molar-refractivity contribution in [2.45, 2.75) is 25.9 Å². The molecule has 1 heterocycles. The smallest absolute Gasteiger partial charge is 0.356 e. The van der Waals surface area contributed by atoms with Crippen molar-refractivity contribution in [3.05, 3.63) is 18.1 Å². The molecule has 16 heavy (non-hydrogen) atoms. The van der Waals surface area contributed by atoms with Crippen molar-refractivity contribution >= 4 is 11.8 Å². The number of rotatable bonds is 6. The van der Waals surface area contributed by atoms with Crippen LogP contribution in [0.15, 0.2) is 12.4 Å². The Kier molecular flexibility index (Phi) is 4.65. The van der Waals surface area contributed by atoms with Gasteiger partial charge in [0.15, 0.2) is 5.69 Å². The van der Waals surface area contributed by atoms with Crippen molar-refractivity contribution in [2.24, 2.45) is 0 Å². The molecule has 0 bridgehead atoms. The van der Waals surface area contributed by atoms with Crippen LogP contribution in [0.5, 0.6) is 0 Å². The summed E-state index contributed by atoms with van der Waals surface area (Å²) in [6.45, 7) is 2.37. The number of aliphatic hydroxyl groups excluding tert-OH is 1. The molecule has 0 radical (unpaired) electrons. The minimum absolute atomic E-state index is 0.0975. The standard InChI is InChI=1S/C10H15N3O3/c1-2-3-7(14)4-12-9-6-11-8(5-13-9)10(15)16/h5-7,14H,2-4H2,1H3,(H,12,13)(H,15,16). The van der Waals surface area contributed by atoms with Gasteiger partial charge in [-0.25, -0.2) is 14.8 Å². The van der Waals surface area contributed by atoms with E-state index >= 15 is 0 Å². The molecule has 0 aliphatic carbocycles. The van der Waals surface area contributed by atoms with Gasteiger partial charge in [0.1, 0.15) is 5.82 Å². The van der Waals surface area contributed by atoms with E-state index in [1.54, 1.807) is 0 Å². The van der Waals surface area contributed by atoms with Crippen LogP contribution in [0.1, 0.15) is 30.3 Å². The first-order valence-corrected chi connectivity index (χ1v) is 5.10. The topological polar surface area (TPSA) is 95.3 Å². The monoisotopic (exact) mass is 225 g/mol. The largest absolute Gasteiger partial charge is 0.476 e. The number of hydrogen-bond acceptors (Lipinski definition) is 5. The summed E-state index contributed by atoms with van der Waals surface area (Å²) >= 11 is 0. The lowest BCUT2D eigenvalue weighted by atomic mass is 10.2. The van der Waals surface area contributed by atoms with E-state index in [9.17, 15) is 9.90 Å². The Morgan fingerprint density at radius 2 is 2.25 bits per heavy atom. The summed E-state index contributed by atoms with van der Waals surface area (Å²) in [5, 5.41) is 20.9. The number of anilines is 1. The van der Waals surface area contributed by atoms with Gasteiger partial charge in [0.05, 0.1) is 18.5 Å². The first-order chi connectivity index (χ1) is 7.63. The lowest BCUT2D eigenvalue weighted by Gasteiger charge is -2.10. The Bertz CT molecular complexity index is 340. The van der Waals surface area contributed by atoms with Gasteiger partial charge in [-0.3, -0.25) is 0 Å². The van der Waals surface area contributed by atoms with Crippen molar-refractivity contribution in [3.8, 4) is 0 Å².